The van der Waals surface area contributed by atoms with Crippen molar-refractivity contribution in [2.75, 3.05) is 19.8 Å². The van der Waals surface area contributed by atoms with Gasteiger partial charge in [-0.3, -0.25) is 4.90 Å². The van der Waals surface area contributed by atoms with Gasteiger partial charge < -0.3 is 5.11 Å². The van der Waals surface area contributed by atoms with Crippen LogP contribution in [0.4, 0.5) is 4.39 Å². The standard InChI is InChI=1S/C10H20FNO/c1-10(2,3)12-5-4-8(7-12)9(13)6-11/h8-9,13H,4-7H2,1-3H3. The summed E-state index contributed by atoms with van der Waals surface area (Å²) in [6, 6.07) is 0. The topological polar surface area (TPSA) is 23.5 Å². The number of hydrogen-bond donors (Lipinski definition) is 1. The number of alkyl halides is 1. The Hall–Kier alpha value is -0.150. The van der Waals surface area contributed by atoms with E-state index in [2.05, 4.69) is 25.7 Å². The molecule has 1 saturated heterocycles. The maximum Gasteiger partial charge on any atom is 0.116 e. The molecule has 2 unspecified atom stereocenters. The molecule has 0 bridgehead atoms. The predicted molar refractivity (Wildman–Crippen MR) is 51.4 cm³/mol. The van der Waals surface area contributed by atoms with Crippen LogP contribution in [-0.2, 0) is 0 Å². The number of rotatable bonds is 2. The Morgan fingerprint density at radius 2 is 2.15 bits per heavy atom. The van der Waals surface area contributed by atoms with Gasteiger partial charge in [0.1, 0.15) is 6.67 Å². The summed E-state index contributed by atoms with van der Waals surface area (Å²) in [7, 11) is 0. The Bertz CT molecular complexity index is 167. The molecule has 1 aliphatic rings. The Labute approximate surface area is 79.7 Å². The van der Waals surface area contributed by atoms with Crippen LogP contribution in [0.2, 0.25) is 0 Å². The molecule has 0 aromatic carbocycles. The summed E-state index contributed by atoms with van der Waals surface area (Å²) in [5.41, 5.74) is 0.144. The molecule has 1 fully saturated rings. The summed E-state index contributed by atoms with van der Waals surface area (Å²) < 4.78 is 12.2. The maximum atomic E-state index is 12.2. The van der Waals surface area contributed by atoms with E-state index >= 15 is 0 Å². The zero-order valence-electron chi connectivity index (χ0n) is 8.76. The smallest absolute Gasteiger partial charge is 0.116 e. The fourth-order valence-electron chi connectivity index (χ4n) is 1.84. The van der Waals surface area contributed by atoms with Crippen molar-refractivity contribution in [2.24, 2.45) is 5.92 Å². The van der Waals surface area contributed by atoms with Crippen molar-refractivity contribution in [2.45, 2.75) is 38.8 Å². The highest BCUT2D eigenvalue weighted by atomic mass is 19.1. The second-order valence-electron chi connectivity index (χ2n) is 4.89. The summed E-state index contributed by atoms with van der Waals surface area (Å²) in [5, 5.41) is 9.34. The minimum atomic E-state index is -0.757. The summed E-state index contributed by atoms with van der Waals surface area (Å²) in [5.74, 6) is 0.129. The molecule has 0 aromatic heterocycles. The lowest BCUT2D eigenvalue weighted by molar-refractivity contribution is 0.0747. The second-order valence-corrected chi connectivity index (χ2v) is 4.89. The van der Waals surface area contributed by atoms with Crippen LogP contribution in [0.5, 0.6) is 0 Å². The predicted octanol–water partition coefficient (Wildman–Crippen LogP) is 1.44. The fraction of sp³-hybridized carbons (Fsp3) is 1.00. The van der Waals surface area contributed by atoms with Gasteiger partial charge in [0.25, 0.3) is 0 Å². The SMILES string of the molecule is CC(C)(C)N1CCC(C(O)CF)C1. The molecule has 0 radical (unpaired) electrons. The highest BCUT2D eigenvalue weighted by molar-refractivity contribution is 4.87. The lowest BCUT2D eigenvalue weighted by atomic mass is 10.0. The van der Waals surface area contributed by atoms with Crippen LogP contribution in [0, 0.1) is 5.92 Å². The largest absolute Gasteiger partial charge is 0.390 e. The molecule has 0 aromatic rings. The van der Waals surface area contributed by atoms with Crippen molar-refractivity contribution in [1.29, 1.82) is 0 Å². The van der Waals surface area contributed by atoms with E-state index in [1.807, 2.05) is 0 Å². The summed E-state index contributed by atoms with van der Waals surface area (Å²) >= 11 is 0. The van der Waals surface area contributed by atoms with Crippen LogP contribution in [0.15, 0.2) is 0 Å². The van der Waals surface area contributed by atoms with Crippen LogP contribution in [0.25, 0.3) is 0 Å². The molecule has 78 valence electrons. The Morgan fingerprint density at radius 3 is 2.54 bits per heavy atom. The molecule has 3 heteroatoms. The average molecular weight is 189 g/mol. The quantitative estimate of drug-likeness (QED) is 0.710. The number of hydrogen-bond acceptors (Lipinski definition) is 2. The molecule has 1 N–H and O–H groups in total. The van der Waals surface area contributed by atoms with E-state index in [0.717, 1.165) is 19.5 Å². The molecular formula is C10H20FNO. The van der Waals surface area contributed by atoms with Gasteiger partial charge in [0.05, 0.1) is 6.10 Å². The van der Waals surface area contributed by atoms with Crippen molar-refractivity contribution in [1.82, 2.24) is 4.90 Å². The molecule has 13 heavy (non-hydrogen) atoms. The van der Waals surface area contributed by atoms with Crippen LogP contribution >= 0.6 is 0 Å². The molecule has 2 nitrogen and oxygen atoms in total. The molecular weight excluding hydrogens is 169 g/mol. The first kappa shape index (κ1) is 10.9. The van der Waals surface area contributed by atoms with Gasteiger partial charge in [-0.05, 0) is 33.7 Å². The van der Waals surface area contributed by atoms with Crippen molar-refractivity contribution >= 4 is 0 Å². The zero-order chi connectivity index (χ0) is 10.1. The van der Waals surface area contributed by atoms with Crippen molar-refractivity contribution in [3.05, 3.63) is 0 Å². The molecule has 2 atom stereocenters. The third kappa shape index (κ3) is 2.64. The van der Waals surface area contributed by atoms with E-state index in [1.54, 1.807) is 0 Å². The molecule has 0 aliphatic carbocycles. The van der Waals surface area contributed by atoms with Gasteiger partial charge in [-0.25, -0.2) is 4.39 Å². The first-order valence-electron chi connectivity index (χ1n) is 4.94. The minimum absolute atomic E-state index is 0.129. The highest BCUT2D eigenvalue weighted by Gasteiger charge is 2.33. The van der Waals surface area contributed by atoms with Crippen molar-refractivity contribution in [3.8, 4) is 0 Å². The number of likely N-dealkylation sites (tertiary alicyclic amines) is 1. The fourth-order valence-corrected chi connectivity index (χ4v) is 1.84. The lowest BCUT2D eigenvalue weighted by Crippen LogP contribution is -2.40. The van der Waals surface area contributed by atoms with E-state index in [-0.39, 0.29) is 11.5 Å². The van der Waals surface area contributed by atoms with Crippen molar-refractivity contribution < 1.29 is 9.50 Å². The van der Waals surface area contributed by atoms with E-state index in [1.165, 1.54) is 0 Å². The third-order valence-electron chi connectivity index (χ3n) is 2.88. The lowest BCUT2D eigenvalue weighted by Gasteiger charge is -2.32. The Morgan fingerprint density at radius 1 is 1.54 bits per heavy atom. The number of aliphatic hydroxyl groups is 1. The molecule has 0 saturated carbocycles. The zero-order valence-corrected chi connectivity index (χ0v) is 8.76. The van der Waals surface area contributed by atoms with Crippen LogP contribution in [-0.4, -0.2) is 41.4 Å². The maximum absolute atomic E-state index is 12.2. The monoisotopic (exact) mass is 189 g/mol. The molecule has 1 heterocycles. The molecule has 1 rings (SSSR count). The third-order valence-corrected chi connectivity index (χ3v) is 2.88. The average Bonchev–Trinajstić information content (AvgIpc) is 2.50. The summed E-state index contributed by atoms with van der Waals surface area (Å²) in [6.45, 7) is 7.65. The van der Waals surface area contributed by atoms with Crippen molar-refractivity contribution in [3.63, 3.8) is 0 Å². The normalized spacial score (nSPS) is 27.9. The Balaban J connectivity index is 2.45. The van der Waals surface area contributed by atoms with Gasteiger partial charge >= 0.3 is 0 Å². The van der Waals surface area contributed by atoms with Gasteiger partial charge in [0.2, 0.25) is 0 Å². The first-order chi connectivity index (χ1) is 5.95. The van der Waals surface area contributed by atoms with Gasteiger partial charge in [0.15, 0.2) is 0 Å². The van der Waals surface area contributed by atoms with Gasteiger partial charge in [-0.1, -0.05) is 0 Å². The molecule has 1 aliphatic heterocycles. The van der Waals surface area contributed by atoms with Crippen LogP contribution in [0.1, 0.15) is 27.2 Å². The van der Waals surface area contributed by atoms with Crippen LogP contribution in [0.3, 0.4) is 0 Å². The van der Waals surface area contributed by atoms with E-state index < -0.39 is 12.8 Å². The van der Waals surface area contributed by atoms with E-state index in [4.69, 9.17) is 0 Å². The number of aliphatic hydroxyl groups excluding tert-OH is 1. The van der Waals surface area contributed by atoms with Gasteiger partial charge in [0, 0.05) is 18.0 Å². The van der Waals surface area contributed by atoms with E-state index in [0.29, 0.717) is 0 Å². The van der Waals surface area contributed by atoms with Gasteiger partial charge in [-0.15, -0.1) is 0 Å². The second kappa shape index (κ2) is 3.93. The molecule has 0 spiro atoms. The highest BCUT2D eigenvalue weighted by Crippen LogP contribution is 2.26. The number of nitrogens with zero attached hydrogens (tertiary/aromatic N) is 1. The number of halogens is 1. The first-order valence-corrected chi connectivity index (χ1v) is 4.94. The minimum Gasteiger partial charge on any atom is -0.390 e. The summed E-state index contributed by atoms with van der Waals surface area (Å²) in [4.78, 5) is 2.30. The van der Waals surface area contributed by atoms with Gasteiger partial charge in [-0.2, -0.15) is 0 Å². The van der Waals surface area contributed by atoms with E-state index in [9.17, 15) is 9.50 Å². The summed E-state index contributed by atoms with van der Waals surface area (Å²) in [6.07, 6.45) is 0.162. The van der Waals surface area contributed by atoms with Crippen LogP contribution < -0.4 is 0 Å². The molecule has 0 amide bonds. The Kier molecular flexibility index (Phi) is 3.30.